The lowest BCUT2D eigenvalue weighted by Crippen LogP contribution is -2.10. The molecule has 3 heteroatoms. The second-order valence-corrected chi connectivity index (χ2v) is 12.9. The molecule has 0 radical (unpaired) electrons. The molecule has 0 bridgehead atoms. The lowest BCUT2D eigenvalue weighted by Gasteiger charge is -2.27. The molecule has 0 N–H and O–H groups in total. The number of fused-ring (bicyclic) bond motifs is 6. The minimum absolute atomic E-state index is 0.882. The SMILES string of the molecule is c1ccc(-c2ccc(N(c3ccc(-c4ccc5oc6ccccc6c5c4)cc3)c3cc(-c4ccccc4)c4oc5ccccc5c4c3)cc2)cc1. The summed E-state index contributed by atoms with van der Waals surface area (Å²) < 4.78 is 12.6. The number of hydrogen-bond donors (Lipinski definition) is 0. The van der Waals surface area contributed by atoms with Crippen LogP contribution < -0.4 is 4.90 Å². The minimum Gasteiger partial charge on any atom is -0.456 e. The summed E-state index contributed by atoms with van der Waals surface area (Å²) in [5, 5.41) is 4.45. The molecule has 0 aliphatic carbocycles. The molecule has 10 aromatic rings. The molecule has 0 aliphatic rings. The maximum absolute atomic E-state index is 6.54. The summed E-state index contributed by atoms with van der Waals surface area (Å²) in [5.41, 5.74) is 13.6. The molecule has 0 saturated carbocycles. The Balaban J connectivity index is 1.14. The van der Waals surface area contributed by atoms with E-state index >= 15 is 0 Å². The number of hydrogen-bond acceptors (Lipinski definition) is 3. The zero-order chi connectivity index (χ0) is 33.7. The first kappa shape index (κ1) is 29.1. The molecule has 0 unspecified atom stereocenters. The Kier molecular flexibility index (Phi) is 6.81. The fourth-order valence-electron chi connectivity index (χ4n) is 7.36. The number of furan rings is 2. The van der Waals surface area contributed by atoms with E-state index in [9.17, 15) is 0 Å². The second-order valence-electron chi connectivity index (χ2n) is 12.9. The van der Waals surface area contributed by atoms with Gasteiger partial charge < -0.3 is 13.7 Å². The van der Waals surface area contributed by atoms with Gasteiger partial charge in [-0.15, -0.1) is 0 Å². The van der Waals surface area contributed by atoms with E-state index in [0.29, 0.717) is 0 Å². The molecule has 0 aliphatic heterocycles. The summed E-state index contributed by atoms with van der Waals surface area (Å²) in [4.78, 5) is 2.35. The number of nitrogens with zero attached hydrogens (tertiary/aromatic N) is 1. The topological polar surface area (TPSA) is 29.5 Å². The van der Waals surface area contributed by atoms with Gasteiger partial charge in [-0.25, -0.2) is 0 Å². The second kappa shape index (κ2) is 11.9. The molecule has 2 heterocycles. The normalized spacial score (nSPS) is 11.5. The first-order valence-electron chi connectivity index (χ1n) is 17.2. The van der Waals surface area contributed by atoms with Gasteiger partial charge in [-0.3, -0.25) is 0 Å². The predicted octanol–water partition coefficient (Wildman–Crippen LogP) is 14.0. The van der Waals surface area contributed by atoms with Crippen LogP contribution in [0.15, 0.2) is 197 Å². The lowest BCUT2D eigenvalue weighted by atomic mass is 9.99. The average molecular weight is 654 g/mol. The summed E-state index contributed by atoms with van der Waals surface area (Å²) in [7, 11) is 0. The molecule has 10 rings (SSSR count). The Hall–Kier alpha value is -6.84. The third-order valence-electron chi connectivity index (χ3n) is 9.87. The van der Waals surface area contributed by atoms with Crippen molar-refractivity contribution in [1.29, 1.82) is 0 Å². The third-order valence-corrected chi connectivity index (χ3v) is 9.87. The zero-order valence-corrected chi connectivity index (χ0v) is 27.7. The standard InChI is InChI=1S/C48H31NO2/c1-3-11-32(12-4-1)33-19-24-37(25-20-33)49(38-26-21-34(22-27-38)36-23-28-47-43(29-36)40-15-7-9-17-45(40)50-47)39-30-42(35-13-5-2-6-14-35)48-44(31-39)41-16-8-10-18-46(41)51-48/h1-31H. The summed E-state index contributed by atoms with van der Waals surface area (Å²) in [6, 6.07) is 66.3. The van der Waals surface area contributed by atoms with Crippen LogP contribution in [0.3, 0.4) is 0 Å². The molecule has 8 aromatic carbocycles. The van der Waals surface area contributed by atoms with E-state index in [2.05, 4.69) is 169 Å². The fourth-order valence-corrected chi connectivity index (χ4v) is 7.36. The van der Waals surface area contributed by atoms with E-state index in [1.165, 1.54) is 11.1 Å². The highest BCUT2D eigenvalue weighted by atomic mass is 16.3. The highest BCUT2D eigenvalue weighted by Gasteiger charge is 2.20. The van der Waals surface area contributed by atoms with Gasteiger partial charge in [-0.05, 0) is 88.5 Å². The largest absolute Gasteiger partial charge is 0.456 e. The highest BCUT2D eigenvalue weighted by molar-refractivity contribution is 6.12. The predicted molar refractivity (Wildman–Crippen MR) is 212 cm³/mol. The van der Waals surface area contributed by atoms with Gasteiger partial charge in [0.15, 0.2) is 0 Å². The van der Waals surface area contributed by atoms with Crippen LogP contribution in [0, 0.1) is 0 Å². The van der Waals surface area contributed by atoms with Gasteiger partial charge in [-0.2, -0.15) is 0 Å². The summed E-state index contributed by atoms with van der Waals surface area (Å²) in [6.07, 6.45) is 0. The van der Waals surface area contributed by atoms with Crippen molar-refractivity contribution in [2.45, 2.75) is 0 Å². The Morgan fingerprint density at radius 1 is 0.294 bits per heavy atom. The molecule has 3 nitrogen and oxygen atoms in total. The maximum atomic E-state index is 6.54. The van der Waals surface area contributed by atoms with E-state index in [1.807, 2.05) is 24.3 Å². The van der Waals surface area contributed by atoms with Crippen LogP contribution in [0.1, 0.15) is 0 Å². The Labute approximate surface area is 295 Å². The van der Waals surface area contributed by atoms with Crippen LogP contribution in [0.4, 0.5) is 17.1 Å². The first-order chi connectivity index (χ1) is 25.3. The Morgan fingerprint density at radius 2 is 0.784 bits per heavy atom. The molecule has 240 valence electrons. The van der Waals surface area contributed by atoms with Crippen molar-refractivity contribution in [2.75, 3.05) is 4.90 Å². The molecule has 0 fully saturated rings. The number of anilines is 3. The van der Waals surface area contributed by atoms with Crippen molar-refractivity contribution in [3.8, 4) is 33.4 Å². The monoisotopic (exact) mass is 653 g/mol. The van der Waals surface area contributed by atoms with E-state index in [-0.39, 0.29) is 0 Å². The smallest absolute Gasteiger partial charge is 0.143 e. The number of para-hydroxylation sites is 2. The molecule has 0 atom stereocenters. The van der Waals surface area contributed by atoms with Gasteiger partial charge in [-0.1, -0.05) is 127 Å². The molecule has 2 aromatic heterocycles. The van der Waals surface area contributed by atoms with Crippen molar-refractivity contribution in [2.24, 2.45) is 0 Å². The summed E-state index contributed by atoms with van der Waals surface area (Å²) in [5.74, 6) is 0. The van der Waals surface area contributed by atoms with Crippen molar-refractivity contribution in [1.82, 2.24) is 0 Å². The average Bonchev–Trinajstić information content (AvgIpc) is 3.77. The van der Waals surface area contributed by atoms with E-state index in [4.69, 9.17) is 8.83 Å². The van der Waals surface area contributed by atoms with Crippen LogP contribution in [0.5, 0.6) is 0 Å². The van der Waals surface area contributed by atoms with Gasteiger partial charge in [0.1, 0.15) is 22.3 Å². The maximum Gasteiger partial charge on any atom is 0.143 e. The third kappa shape index (κ3) is 5.06. The van der Waals surface area contributed by atoms with Crippen LogP contribution in [0.2, 0.25) is 0 Å². The van der Waals surface area contributed by atoms with Gasteiger partial charge in [0.25, 0.3) is 0 Å². The van der Waals surface area contributed by atoms with Gasteiger partial charge in [0.05, 0.1) is 0 Å². The highest BCUT2D eigenvalue weighted by Crippen LogP contribution is 2.44. The molecule has 51 heavy (non-hydrogen) atoms. The van der Waals surface area contributed by atoms with Crippen molar-refractivity contribution in [3.05, 3.63) is 188 Å². The van der Waals surface area contributed by atoms with Gasteiger partial charge in [0.2, 0.25) is 0 Å². The van der Waals surface area contributed by atoms with Crippen LogP contribution >= 0.6 is 0 Å². The molecule has 0 saturated heterocycles. The molecule has 0 spiro atoms. The van der Waals surface area contributed by atoms with Crippen molar-refractivity contribution < 1.29 is 8.83 Å². The summed E-state index contributed by atoms with van der Waals surface area (Å²) in [6.45, 7) is 0. The van der Waals surface area contributed by atoms with Crippen molar-refractivity contribution in [3.63, 3.8) is 0 Å². The van der Waals surface area contributed by atoms with Crippen molar-refractivity contribution >= 4 is 60.9 Å². The molecule has 0 amide bonds. The van der Waals surface area contributed by atoms with Crippen LogP contribution in [-0.4, -0.2) is 0 Å². The zero-order valence-electron chi connectivity index (χ0n) is 27.7. The molecular formula is C48H31NO2. The van der Waals surface area contributed by atoms with Gasteiger partial charge >= 0.3 is 0 Å². The Morgan fingerprint density at radius 3 is 1.45 bits per heavy atom. The van der Waals surface area contributed by atoms with E-state index < -0.39 is 0 Å². The van der Waals surface area contributed by atoms with Crippen LogP contribution in [0.25, 0.3) is 77.3 Å². The van der Waals surface area contributed by atoms with Gasteiger partial charge in [0, 0.05) is 44.2 Å². The van der Waals surface area contributed by atoms with E-state index in [0.717, 1.165) is 83.2 Å². The Bertz CT molecular complexity index is 2830. The minimum atomic E-state index is 0.882. The first-order valence-corrected chi connectivity index (χ1v) is 17.2. The van der Waals surface area contributed by atoms with E-state index in [1.54, 1.807) is 0 Å². The number of rotatable bonds is 6. The van der Waals surface area contributed by atoms with Crippen LogP contribution in [-0.2, 0) is 0 Å². The summed E-state index contributed by atoms with van der Waals surface area (Å²) >= 11 is 0. The quantitative estimate of drug-likeness (QED) is 0.179. The fraction of sp³-hybridized carbons (Fsp3) is 0. The molecular weight excluding hydrogens is 623 g/mol. The number of benzene rings is 8. The lowest BCUT2D eigenvalue weighted by molar-refractivity contribution is 0.669.